The number of nitrogens with zero attached hydrogens (tertiary/aromatic N) is 1. The highest BCUT2D eigenvalue weighted by Gasteiger charge is 2.14. The van der Waals surface area contributed by atoms with Gasteiger partial charge in [-0.3, -0.25) is 0 Å². The summed E-state index contributed by atoms with van der Waals surface area (Å²) in [4.78, 5) is 16.2. The summed E-state index contributed by atoms with van der Waals surface area (Å²) in [5.74, 6) is 0.0907. The molecule has 0 saturated heterocycles. The first kappa shape index (κ1) is 16.1. The van der Waals surface area contributed by atoms with Gasteiger partial charge in [0.2, 0.25) is 0 Å². The number of benzene rings is 2. The summed E-state index contributed by atoms with van der Waals surface area (Å²) in [7, 11) is 3.06. The number of methoxy groups -OCH3 is 2. The van der Waals surface area contributed by atoms with Gasteiger partial charge >= 0.3 is 5.97 Å². The van der Waals surface area contributed by atoms with Crippen LogP contribution in [0.5, 0.6) is 11.5 Å². The van der Waals surface area contributed by atoms with Gasteiger partial charge in [-0.2, -0.15) is 0 Å². The van der Waals surface area contributed by atoms with Gasteiger partial charge in [-0.1, -0.05) is 11.6 Å². The molecule has 0 aliphatic rings. The number of carboxylic acids is 1. The van der Waals surface area contributed by atoms with Crippen LogP contribution in [0.3, 0.4) is 0 Å². The predicted octanol–water partition coefficient (Wildman–Crippen LogP) is 4.27. The molecule has 3 aromatic rings. The van der Waals surface area contributed by atoms with Crippen molar-refractivity contribution in [2.75, 3.05) is 14.2 Å². The second-order valence-electron chi connectivity index (χ2n) is 5.09. The number of carbonyl (C=O) groups is 1. The minimum absolute atomic E-state index is 0.154. The molecule has 6 heteroatoms. The van der Waals surface area contributed by atoms with Gasteiger partial charge in [0, 0.05) is 10.9 Å². The molecule has 0 radical (unpaired) electrons. The molecule has 0 aliphatic carbocycles. The highest BCUT2D eigenvalue weighted by Crippen LogP contribution is 2.32. The summed E-state index contributed by atoms with van der Waals surface area (Å²) in [5.41, 5.74) is 1.95. The van der Waals surface area contributed by atoms with Crippen LogP contribution in [-0.4, -0.2) is 30.3 Å². The Balaban J connectivity index is 2.22. The molecule has 0 amide bonds. The first-order valence-corrected chi connectivity index (χ1v) is 7.47. The molecule has 3 rings (SSSR count). The lowest BCUT2D eigenvalue weighted by atomic mass is 10.0. The van der Waals surface area contributed by atoms with Crippen LogP contribution >= 0.6 is 11.6 Å². The van der Waals surface area contributed by atoms with E-state index in [2.05, 4.69) is 4.98 Å². The molecule has 5 nitrogen and oxygen atoms in total. The van der Waals surface area contributed by atoms with Gasteiger partial charge in [-0.25, -0.2) is 9.78 Å². The smallest absolute Gasteiger partial charge is 0.336 e. The molecule has 1 aromatic heterocycles. The lowest BCUT2D eigenvalue weighted by Crippen LogP contribution is -2.00. The van der Waals surface area contributed by atoms with Crippen molar-refractivity contribution in [2.24, 2.45) is 0 Å². The second-order valence-corrected chi connectivity index (χ2v) is 5.50. The number of ether oxygens (including phenoxy) is 2. The zero-order valence-corrected chi connectivity index (χ0v) is 13.8. The monoisotopic (exact) mass is 343 g/mol. The number of carboxylic acid groups (broad SMARTS) is 1. The molecular formula is C18H14ClNO4. The Hall–Kier alpha value is -2.79. The topological polar surface area (TPSA) is 68.7 Å². The normalized spacial score (nSPS) is 10.6. The van der Waals surface area contributed by atoms with Crippen LogP contribution in [-0.2, 0) is 0 Å². The number of hydrogen-bond donors (Lipinski definition) is 1. The van der Waals surface area contributed by atoms with Crippen molar-refractivity contribution in [1.29, 1.82) is 0 Å². The fourth-order valence-corrected chi connectivity index (χ4v) is 2.74. The van der Waals surface area contributed by atoms with E-state index in [-0.39, 0.29) is 5.56 Å². The maximum absolute atomic E-state index is 11.7. The second kappa shape index (κ2) is 6.37. The van der Waals surface area contributed by atoms with Crippen molar-refractivity contribution in [2.45, 2.75) is 0 Å². The van der Waals surface area contributed by atoms with Crippen molar-refractivity contribution < 1.29 is 19.4 Å². The molecule has 0 unspecified atom stereocenters. The van der Waals surface area contributed by atoms with Gasteiger partial charge in [-0.15, -0.1) is 0 Å². The van der Waals surface area contributed by atoms with Crippen LogP contribution in [0, 0.1) is 0 Å². The summed E-state index contributed by atoms with van der Waals surface area (Å²) in [6.07, 6.45) is 0. The molecule has 0 aliphatic heterocycles. The number of fused-ring (bicyclic) bond motifs is 1. The van der Waals surface area contributed by atoms with Crippen molar-refractivity contribution in [3.8, 4) is 22.8 Å². The Morgan fingerprint density at radius 1 is 1.08 bits per heavy atom. The van der Waals surface area contributed by atoms with E-state index in [4.69, 9.17) is 21.1 Å². The van der Waals surface area contributed by atoms with E-state index in [1.807, 2.05) is 0 Å². The van der Waals surface area contributed by atoms with E-state index < -0.39 is 5.97 Å². The van der Waals surface area contributed by atoms with Gasteiger partial charge in [0.15, 0.2) is 0 Å². The molecule has 1 N–H and O–H groups in total. The van der Waals surface area contributed by atoms with E-state index in [0.29, 0.717) is 38.7 Å². The third-order valence-electron chi connectivity index (χ3n) is 3.69. The molecule has 0 fully saturated rings. The first-order valence-electron chi connectivity index (χ1n) is 7.09. The number of pyridine rings is 1. The Bertz CT molecular complexity index is 940. The lowest BCUT2D eigenvalue weighted by Gasteiger charge is -2.10. The number of aromatic carboxylic acids is 1. The highest BCUT2D eigenvalue weighted by molar-refractivity contribution is 6.32. The van der Waals surface area contributed by atoms with Crippen molar-refractivity contribution >= 4 is 28.5 Å². The molecule has 0 bridgehead atoms. The quantitative estimate of drug-likeness (QED) is 0.766. The Kier molecular flexibility index (Phi) is 4.27. The average Bonchev–Trinajstić information content (AvgIpc) is 2.60. The molecule has 1 heterocycles. The van der Waals surface area contributed by atoms with Gasteiger partial charge in [-0.05, 0) is 42.5 Å². The van der Waals surface area contributed by atoms with Crippen LogP contribution in [0.4, 0.5) is 0 Å². The SMILES string of the molecule is COc1ccc2nc(-c3ccc(OC)c(Cl)c3)cc(C(=O)O)c2c1. The summed E-state index contributed by atoms with van der Waals surface area (Å²) in [5, 5.41) is 10.5. The Labute approximate surface area is 143 Å². The number of aromatic nitrogens is 1. The third-order valence-corrected chi connectivity index (χ3v) is 3.99. The molecule has 122 valence electrons. The van der Waals surface area contributed by atoms with E-state index in [9.17, 15) is 9.90 Å². The van der Waals surface area contributed by atoms with Crippen LogP contribution < -0.4 is 9.47 Å². The molecule has 0 atom stereocenters. The van der Waals surface area contributed by atoms with Crippen molar-refractivity contribution in [1.82, 2.24) is 4.98 Å². The highest BCUT2D eigenvalue weighted by atomic mass is 35.5. The largest absolute Gasteiger partial charge is 0.497 e. The zero-order valence-electron chi connectivity index (χ0n) is 13.0. The Morgan fingerprint density at radius 3 is 2.50 bits per heavy atom. The van der Waals surface area contributed by atoms with Gasteiger partial charge < -0.3 is 14.6 Å². The first-order chi connectivity index (χ1) is 11.5. The maximum Gasteiger partial charge on any atom is 0.336 e. The number of hydrogen-bond acceptors (Lipinski definition) is 4. The van der Waals surface area contributed by atoms with Crippen LogP contribution in [0.15, 0.2) is 42.5 Å². The van der Waals surface area contributed by atoms with Crippen molar-refractivity contribution in [3.63, 3.8) is 0 Å². The minimum atomic E-state index is -1.03. The van der Waals surface area contributed by atoms with Crippen LogP contribution in [0.2, 0.25) is 5.02 Å². The third kappa shape index (κ3) is 2.86. The maximum atomic E-state index is 11.7. The molecule has 0 saturated carbocycles. The van der Waals surface area contributed by atoms with Crippen LogP contribution in [0.25, 0.3) is 22.2 Å². The fraction of sp³-hybridized carbons (Fsp3) is 0.111. The fourth-order valence-electron chi connectivity index (χ4n) is 2.48. The number of rotatable bonds is 4. The molecule has 24 heavy (non-hydrogen) atoms. The lowest BCUT2D eigenvalue weighted by molar-refractivity contribution is 0.0699. The summed E-state index contributed by atoms with van der Waals surface area (Å²) >= 11 is 6.15. The van der Waals surface area contributed by atoms with Crippen molar-refractivity contribution in [3.05, 3.63) is 53.1 Å². The molecule has 0 spiro atoms. The average molecular weight is 344 g/mol. The van der Waals surface area contributed by atoms with E-state index in [1.54, 1.807) is 36.4 Å². The van der Waals surface area contributed by atoms with Gasteiger partial charge in [0.1, 0.15) is 11.5 Å². The summed E-state index contributed by atoms with van der Waals surface area (Å²) in [6.45, 7) is 0. The minimum Gasteiger partial charge on any atom is -0.497 e. The summed E-state index contributed by atoms with van der Waals surface area (Å²) < 4.78 is 10.3. The summed E-state index contributed by atoms with van der Waals surface area (Å²) in [6, 6.07) is 11.9. The predicted molar refractivity (Wildman–Crippen MR) is 92.3 cm³/mol. The Morgan fingerprint density at radius 2 is 1.88 bits per heavy atom. The van der Waals surface area contributed by atoms with Crippen LogP contribution in [0.1, 0.15) is 10.4 Å². The van der Waals surface area contributed by atoms with Gasteiger partial charge in [0.25, 0.3) is 0 Å². The standard InChI is InChI=1S/C18H14ClNO4/c1-23-11-4-5-15-12(8-11)13(18(21)22)9-16(20-15)10-3-6-17(24-2)14(19)7-10/h3-9H,1-2H3,(H,21,22). The number of halogens is 1. The van der Waals surface area contributed by atoms with E-state index in [0.717, 1.165) is 0 Å². The molecule has 2 aromatic carbocycles. The van der Waals surface area contributed by atoms with E-state index >= 15 is 0 Å². The molecular weight excluding hydrogens is 330 g/mol. The van der Waals surface area contributed by atoms with E-state index in [1.165, 1.54) is 20.3 Å². The van der Waals surface area contributed by atoms with Gasteiger partial charge in [0.05, 0.1) is 36.0 Å². The zero-order chi connectivity index (χ0) is 17.3.